The van der Waals surface area contributed by atoms with Crippen molar-refractivity contribution in [1.82, 2.24) is 25.0 Å². The highest BCUT2D eigenvalue weighted by Gasteiger charge is 2.32. The van der Waals surface area contributed by atoms with E-state index in [1.54, 1.807) is 18.2 Å². The summed E-state index contributed by atoms with van der Waals surface area (Å²) in [6.07, 6.45) is -3.46. The molecular formula is C25H31F3N6O4. The molecule has 0 saturated carbocycles. The molecule has 38 heavy (non-hydrogen) atoms. The number of halogens is 3. The maximum Gasteiger partial charge on any atom is 0.422 e. The van der Waals surface area contributed by atoms with E-state index in [9.17, 15) is 18.0 Å². The van der Waals surface area contributed by atoms with Gasteiger partial charge in [0.05, 0.1) is 18.3 Å². The van der Waals surface area contributed by atoms with E-state index in [2.05, 4.69) is 20.7 Å². The third-order valence-electron chi connectivity index (χ3n) is 6.04. The molecule has 0 unspecified atom stereocenters. The van der Waals surface area contributed by atoms with Gasteiger partial charge in [-0.15, -0.1) is 0 Å². The molecule has 0 spiro atoms. The van der Waals surface area contributed by atoms with Crippen molar-refractivity contribution in [3.05, 3.63) is 30.6 Å². The first-order valence-corrected chi connectivity index (χ1v) is 12.1. The zero-order chi connectivity index (χ0) is 27.7. The summed E-state index contributed by atoms with van der Waals surface area (Å²) in [5.74, 6) is 0.397. The molecular weight excluding hydrogens is 505 g/mol. The molecule has 3 heterocycles. The minimum atomic E-state index is -4.54. The Bertz CT molecular complexity index is 1300. The second-order valence-electron chi connectivity index (χ2n) is 10.1. The minimum absolute atomic E-state index is 0.172. The summed E-state index contributed by atoms with van der Waals surface area (Å²) in [5.41, 5.74) is 5.20. The summed E-state index contributed by atoms with van der Waals surface area (Å²) in [6, 6.07) is 7.27. The van der Waals surface area contributed by atoms with Crippen LogP contribution in [0.2, 0.25) is 0 Å². The number of ether oxygens (including phenoxy) is 2. The van der Waals surface area contributed by atoms with Gasteiger partial charge in [-0.3, -0.25) is 5.43 Å². The predicted octanol–water partition coefficient (Wildman–Crippen LogP) is 5.08. The lowest BCUT2D eigenvalue weighted by molar-refractivity contribution is -0.153. The molecule has 3 aromatic rings. The lowest BCUT2D eigenvalue weighted by atomic mass is 10.0. The molecule has 1 aromatic carbocycles. The average Bonchev–Trinajstić information content (AvgIpc) is 3.21. The maximum absolute atomic E-state index is 13.0. The standard InChI is InChI=1S/C25H31F3N6O4/c1-24(2,3)31-15-5-6-17(20(11-15)37-4)19-12-18-21(22(30-14-29-18)38-13-25(26,27)28)34(19)16-7-9-33(10-8-16)32-23(35)36/h5-6,11-12,14,16,31-32H,7-10,13H2,1-4H3,(H,35,36). The Hall–Kier alpha value is -3.74. The van der Waals surface area contributed by atoms with Gasteiger partial charge in [0.25, 0.3) is 0 Å². The lowest BCUT2D eigenvalue weighted by Crippen LogP contribution is -2.46. The second kappa shape index (κ2) is 10.6. The first-order chi connectivity index (χ1) is 17.8. The van der Waals surface area contributed by atoms with Crippen molar-refractivity contribution in [2.75, 3.05) is 32.1 Å². The second-order valence-corrected chi connectivity index (χ2v) is 10.1. The fraction of sp³-hybridized carbons (Fsp3) is 0.480. The Kier molecular flexibility index (Phi) is 7.58. The van der Waals surface area contributed by atoms with Gasteiger partial charge >= 0.3 is 12.3 Å². The van der Waals surface area contributed by atoms with E-state index in [1.165, 1.54) is 6.33 Å². The summed E-state index contributed by atoms with van der Waals surface area (Å²) in [6.45, 7) is 5.45. The van der Waals surface area contributed by atoms with Crippen LogP contribution < -0.4 is 20.2 Å². The van der Waals surface area contributed by atoms with E-state index in [4.69, 9.17) is 14.6 Å². The Morgan fingerprint density at radius 3 is 2.47 bits per heavy atom. The zero-order valence-electron chi connectivity index (χ0n) is 21.6. The van der Waals surface area contributed by atoms with Gasteiger partial charge in [-0.1, -0.05) is 0 Å². The van der Waals surface area contributed by atoms with Gasteiger partial charge < -0.3 is 24.5 Å². The maximum atomic E-state index is 13.0. The van der Waals surface area contributed by atoms with Gasteiger partial charge in [0, 0.05) is 42.0 Å². The van der Waals surface area contributed by atoms with Crippen molar-refractivity contribution in [3.8, 4) is 22.9 Å². The molecule has 1 aliphatic heterocycles. The molecule has 4 rings (SSSR count). The van der Waals surface area contributed by atoms with Gasteiger partial charge in [-0.05, 0) is 51.8 Å². The number of anilines is 1. The molecule has 0 radical (unpaired) electrons. The van der Waals surface area contributed by atoms with Crippen LogP contribution in [0.25, 0.3) is 22.3 Å². The lowest BCUT2D eigenvalue weighted by Gasteiger charge is -2.33. The largest absolute Gasteiger partial charge is 0.496 e. The van der Waals surface area contributed by atoms with Crippen molar-refractivity contribution in [1.29, 1.82) is 0 Å². The quantitative estimate of drug-likeness (QED) is 0.383. The molecule has 3 N–H and O–H groups in total. The number of alkyl halides is 3. The van der Waals surface area contributed by atoms with E-state index >= 15 is 0 Å². The van der Waals surface area contributed by atoms with E-state index in [1.807, 2.05) is 43.5 Å². The number of methoxy groups -OCH3 is 1. The molecule has 1 aliphatic rings. The van der Waals surface area contributed by atoms with Crippen LogP contribution in [0.15, 0.2) is 30.6 Å². The fourth-order valence-electron chi connectivity index (χ4n) is 4.65. The highest BCUT2D eigenvalue weighted by molar-refractivity contribution is 5.89. The van der Waals surface area contributed by atoms with Crippen LogP contribution in [0.1, 0.15) is 39.7 Å². The number of fused-ring (bicyclic) bond motifs is 1. The summed E-state index contributed by atoms with van der Waals surface area (Å²) in [5, 5.41) is 14.1. The molecule has 13 heteroatoms. The van der Waals surface area contributed by atoms with Crippen molar-refractivity contribution < 1.29 is 32.5 Å². The highest BCUT2D eigenvalue weighted by atomic mass is 19.4. The first kappa shape index (κ1) is 27.3. The predicted molar refractivity (Wildman–Crippen MR) is 135 cm³/mol. The number of hydrogen-bond acceptors (Lipinski definition) is 7. The van der Waals surface area contributed by atoms with Gasteiger partial charge in [-0.25, -0.2) is 14.8 Å². The van der Waals surface area contributed by atoms with Crippen molar-refractivity contribution >= 4 is 22.8 Å². The van der Waals surface area contributed by atoms with E-state index in [0.717, 1.165) is 11.3 Å². The van der Waals surface area contributed by atoms with Crippen molar-refractivity contribution in [3.63, 3.8) is 0 Å². The number of nitrogens with zero attached hydrogens (tertiary/aromatic N) is 4. The molecule has 0 bridgehead atoms. The SMILES string of the molecule is COc1cc(NC(C)(C)C)ccc1-c1cc2ncnc(OCC(F)(F)F)c2n1C1CCN(NC(=O)O)CC1. The smallest absolute Gasteiger partial charge is 0.422 e. The summed E-state index contributed by atoms with van der Waals surface area (Å²) >= 11 is 0. The third-order valence-corrected chi connectivity index (χ3v) is 6.04. The van der Waals surface area contributed by atoms with Crippen molar-refractivity contribution in [2.24, 2.45) is 0 Å². The van der Waals surface area contributed by atoms with Crippen LogP contribution in [0.3, 0.4) is 0 Å². The zero-order valence-corrected chi connectivity index (χ0v) is 21.6. The Balaban J connectivity index is 1.82. The molecule has 0 aliphatic carbocycles. The number of piperidine rings is 1. The number of benzene rings is 1. The van der Waals surface area contributed by atoms with Gasteiger partial charge in [-0.2, -0.15) is 18.2 Å². The van der Waals surface area contributed by atoms with E-state index in [-0.39, 0.29) is 17.5 Å². The number of hydrazine groups is 1. The Labute approximate surface area is 217 Å². The number of carbonyl (C=O) groups is 1. The molecule has 1 fully saturated rings. The number of aromatic nitrogens is 3. The number of amides is 1. The fourth-order valence-corrected chi connectivity index (χ4v) is 4.65. The molecule has 2 aromatic heterocycles. The third kappa shape index (κ3) is 6.39. The summed E-state index contributed by atoms with van der Waals surface area (Å²) < 4.78 is 51.8. The number of rotatable bonds is 7. The normalized spacial score (nSPS) is 15.4. The molecule has 1 saturated heterocycles. The Morgan fingerprint density at radius 1 is 1.16 bits per heavy atom. The summed E-state index contributed by atoms with van der Waals surface area (Å²) in [7, 11) is 1.56. The molecule has 206 valence electrons. The van der Waals surface area contributed by atoms with Gasteiger partial charge in [0.2, 0.25) is 5.88 Å². The highest BCUT2D eigenvalue weighted by Crippen LogP contribution is 2.41. The number of carboxylic acid groups (broad SMARTS) is 1. The number of hydrogen-bond donors (Lipinski definition) is 3. The molecule has 1 amide bonds. The van der Waals surface area contributed by atoms with Gasteiger partial charge in [0.15, 0.2) is 6.61 Å². The molecule has 10 nitrogen and oxygen atoms in total. The van der Waals surface area contributed by atoms with E-state index < -0.39 is 18.9 Å². The number of nitrogens with one attached hydrogen (secondary N) is 2. The van der Waals surface area contributed by atoms with E-state index in [0.29, 0.717) is 48.4 Å². The monoisotopic (exact) mass is 536 g/mol. The summed E-state index contributed by atoms with van der Waals surface area (Å²) in [4.78, 5) is 19.4. The van der Waals surface area contributed by atoms with Crippen LogP contribution in [-0.2, 0) is 0 Å². The van der Waals surface area contributed by atoms with Crippen LogP contribution in [-0.4, -0.2) is 69.3 Å². The van der Waals surface area contributed by atoms with Crippen LogP contribution in [0.4, 0.5) is 23.7 Å². The van der Waals surface area contributed by atoms with Crippen LogP contribution in [0.5, 0.6) is 11.6 Å². The minimum Gasteiger partial charge on any atom is -0.496 e. The van der Waals surface area contributed by atoms with Gasteiger partial charge in [0.1, 0.15) is 17.6 Å². The van der Waals surface area contributed by atoms with Crippen LogP contribution in [0, 0.1) is 0 Å². The Morgan fingerprint density at radius 2 is 1.87 bits per heavy atom. The molecule has 0 atom stereocenters. The average molecular weight is 537 g/mol. The first-order valence-electron chi connectivity index (χ1n) is 12.1. The van der Waals surface area contributed by atoms with Crippen LogP contribution >= 0.6 is 0 Å². The topological polar surface area (TPSA) is 114 Å². The van der Waals surface area contributed by atoms with Crippen molar-refractivity contribution in [2.45, 2.75) is 51.4 Å².